The van der Waals surface area contributed by atoms with E-state index in [2.05, 4.69) is 19.4 Å². The third kappa shape index (κ3) is 5.70. The molecular formula is C18H23F3N4O4S. The topological polar surface area (TPSA) is 102 Å². The molecule has 166 valence electrons. The molecule has 0 saturated carbocycles. The zero-order valence-corrected chi connectivity index (χ0v) is 17.1. The van der Waals surface area contributed by atoms with E-state index in [9.17, 15) is 21.6 Å². The Morgan fingerprint density at radius 2 is 1.83 bits per heavy atom. The molecule has 2 aromatic rings. The maximum absolute atomic E-state index is 13.8. The first-order valence-electron chi connectivity index (χ1n) is 9.55. The number of para-hydroxylation sites is 2. The number of aromatic nitrogens is 2. The minimum atomic E-state index is -4.67. The van der Waals surface area contributed by atoms with Crippen molar-refractivity contribution in [2.75, 3.05) is 24.5 Å². The van der Waals surface area contributed by atoms with Crippen molar-refractivity contribution in [1.82, 2.24) is 14.7 Å². The number of fused-ring (bicyclic) bond motifs is 1. The Kier molecular flexibility index (Phi) is 6.98. The first-order chi connectivity index (χ1) is 14.2. The number of halogens is 3. The average Bonchev–Trinajstić information content (AvgIpc) is 2.70. The predicted molar refractivity (Wildman–Crippen MR) is 104 cm³/mol. The Labute approximate surface area is 172 Å². The van der Waals surface area contributed by atoms with Gasteiger partial charge in [-0.2, -0.15) is 26.3 Å². The van der Waals surface area contributed by atoms with E-state index in [-0.39, 0.29) is 38.1 Å². The maximum atomic E-state index is 13.8. The summed E-state index contributed by atoms with van der Waals surface area (Å²) in [5, 5.41) is 0. The van der Waals surface area contributed by atoms with Crippen molar-refractivity contribution in [3.8, 4) is 5.88 Å². The van der Waals surface area contributed by atoms with Crippen molar-refractivity contribution in [3.63, 3.8) is 0 Å². The minimum Gasteiger partial charge on any atom is -0.462 e. The van der Waals surface area contributed by atoms with Crippen molar-refractivity contribution in [2.45, 2.75) is 38.5 Å². The highest BCUT2D eigenvalue weighted by atomic mass is 32.2. The fourth-order valence-electron chi connectivity index (χ4n) is 3.10. The number of anilines is 1. The Morgan fingerprint density at radius 3 is 2.43 bits per heavy atom. The Balaban J connectivity index is 1.99. The molecule has 0 aliphatic carbocycles. The van der Waals surface area contributed by atoms with Gasteiger partial charge in [0.25, 0.3) is 16.1 Å². The lowest BCUT2D eigenvalue weighted by Gasteiger charge is -2.31. The molecular weight excluding hydrogens is 425 g/mol. The van der Waals surface area contributed by atoms with Crippen LogP contribution in [0.2, 0.25) is 0 Å². The third-order valence-electron chi connectivity index (χ3n) is 4.57. The average molecular weight is 448 g/mol. The Bertz CT molecular complexity index is 966. The molecule has 1 aromatic heterocycles. The lowest BCUT2D eigenvalue weighted by Crippen LogP contribution is -2.43. The lowest BCUT2D eigenvalue weighted by molar-refractivity contribution is -0.216. The Hall–Kier alpha value is -2.18. The number of rotatable bonds is 8. The summed E-state index contributed by atoms with van der Waals surface area (Å²) in [6, 6.07) is 6.43. The van der Waals surface area contributed by atoms with E-state index in [4.69, 9.17) is 9.47 Å². The summed E-state index contributed by atoms with van der Waals surface area (Å²) in [5.41, 5.74) is 0.595. The van der Waals surface area contributed by atoms with Gasteiger partial charge in [-0.15, -0.1) is 0 Å². The van der Waals surface area contributed by atoms with Gasteiger partial charge in [-0.1, -0.05) is 19.1 Å². The molecule has 1 aromatic carbocycles. The predicted octanol–water partition coefficient (Wildman–Crippen LogP) is 3.02. The van der Waals surface area contributed by atoms with Crippen molar-refractivity contribution in [1.29, 1.82) is 0 Å². The SMILES string of the molecule is CCCNS(=O)(=O)Nc1nc2ccccc2nc1OC(C1CCOCC1)C(F)(F)F. The molecule has 2 N–H and O–H groups in total. The second-order valence-corrected chi connectivity index (χ2v) is 8.40. The highest BCUT2D eigenvalue weighted by molar-refractivity contribution is 7.90. The van der Waals surface area contributed by atoms with Gasteiger partial charge in [0.2, 0.25) is 5.82 Å². The minimum absolute atomic E-state index is 0.153. The summed E-state index contributed by atoms with van der Waals surface area (Å²) >= 11 is 0. The number of hydrogen-bond acceptors (Lipinski definition) is 6. The molecule has 0 spiro atoms. The van der Waals surface area contributed by atoms with E-state index < -0.39 is 40.1 Å². The summed E-state index contributed by atoms with van der Waals surface area (Å²) in [7, 11) is -4.07. The van der Waals surface area contributed by atoms with E-state index in [1.807, 2.05) is 0 Å². The van der Waals surface area contributed by atoms with Crippen molar-refractivity contribution in [2.24, 2.45) is 5.92 Å². The maximum Gasteiger partial charge on any atom is 0.425 e. The summed E-state index contributed by atoms with van der Waals surface area (Å²) in [6.07, 6.45) is -5.96. The lowest BCUT2D eigenvalue weighted by atomic mass is 9.93. The van der Waals surface area contributed by atoms with Crippen LogP contribution in [-0.4, -0.2) is 50.4 Å². The smallest absolute Gasteiger partial charge is 0.425 e. The molecule has 0 radical (unpaired) electrons. The molecule has 1 fully saturated rings. The Morgan fingerprint density at radius 1 is 1.20 bits per heavy atom. The third-order valence-corrected chi connectivity index (χ3v) is 5.61. The molecule has 3 rings (SSSR count). The van der Waals surface area contributed by atoms with Crippen molar-refractivity contribution >= 4 is 27.1 Å². The van der Waals surface area contributed by atoms with Crippen molar-refractivity contribution < 1.29 is 31.1 Å². The zero-order chi connectivity index (χ0) is 21.8. The molecule has 8 nitrogen and oxygen atoms in total. The van der Waals surface area contributed by atoms with Crippen LogP contribution in [0.15, 0.2) is 24.3 Å². The van der Waals surface area contributed by atoms with Gasteiger partial charge in [-0.05, 0) is 31.4 Å². The first-order valence-corrected chi connectivity index (χ1v) is 11.0. The number of nitrogens with zero attached hydrogens (tertiary/aromatic N) is 2. The number of hydrogen-bond donors (Lipinski definition) is 2. The summed E-state index contributed by atoms with van der Waals surface area (Å²) in [6.45, 7) is 2.32. The molecule has 1 atom stereocenters. The monoisotopic (exact) mass is 448 g/mol. The number of nitrogens with one attached hydrogen (secondary N) is 2. The second-order valence-electron chi connectivity index (χ2n) is 6.90. The molecule has 0 amide bonds. The van der Waals surface area contributed by atoms with Gasteiger partial charge >= 0.3 is 6.18 Å². The standard InChI is InChI=1S/C18H23F3N4O4S/c1-2-9-22-30(26,27)25-16-17(24-14-6-4-3-5-13(14)23-16)29-15(18(19,20)21)12-7-10-28-11-8-12/h3-6,12,15,22H,2,7-11H2,1H3,(H,23,25). The number of alkyl halides is 3. The van der Waals surface area contributed by atoms with Crippen LogP contribution in [0.4, 0.5) is 19.0 Å². The summed E-state index contributed by atoms with van der Waals surface area (Å²) in [4.78, 5) is 8.26. The van der Waals surface area contributed by atoms with Crippen LogP contribution in [0.5, 0.6) is 5.88 Å². The zero-order valence-electron chi connectivity index (χ0n) is 16.3. The highest BCUT2D eigenvalue weighted by Gasteiger charge is 2.48. The van der Waals surface area contributed by atoms with E-state index in [1.165, 1.54) is 0 Å². The summed E-state index contributed by atoms with van der Waals surface area (Å²) in [5.74, 6) is -1.77. The molecule has 0 bridgehead atoms. The molecule has 1 aliphatic heterocycles. The van der Waals surface area contributed by atoms with Crippen LogP contribution >= 0.6 is 0 Å². The van der Waals surface area contributed by atoms with Gasteiger partial charge in [0.05, 0.1) is 11.0 Å². The molecule has 12 heteroatoms. The molecule has 30 heavy (non-hydrogen) atoms. The van der Waals surface area contributed by atoms with Crippen LogP contribution < -0.4 is 14.2 Å². The fourth-order valence-corrected chi connectivity index (χ4v) is 4.03. The van der Waals surface area contributed by atoms with Gasteiger partial charge in [-0.3, -0.25) is 4.72 Å². The van der Waals surface area contributed by atoms with Crippen LogP contribution in [0.25, 0.3) is 11.0 Å². The molecule has 1 saturated heterocycles. The highest BCUT2D eigenvalue weighted by Crippen LogP contribution is 2.36. The van der Waals surface area contributed by atoms with E-state index in [0.29, 0.717) is 11.9 Å². The van der Waals surface area contributed by atoms with Crippen LogP contribution in [0.3, 0.4) is 0 Å². The quantitative estimate of drug-likeness (QED) is 0.644. The fraction of sp³-hybridized carbons (Fsp3) is 0.556. The van der Waals surface area contributed by atoms with Gasteiger partial charge in [-0.25, -0.2) is 9.97 Å². The summed E-state index contributed by atoms with van der Waals surface area (Å²) < 4.78 is 80.7. The van der Waals surface area contributed by atoms with Gasteiger partial charge in [0.1, 0.15) is 0 Å². The molecule has 2 heterocycles. The normalized spacial score (nSPS) is 17.1. The number of ether oxygens (including phenoxy) is 2. The second kappa shape index (κ2) is 9.31. The van der Waals surface area contributed by atoms with Gasteiger partial charge < -0.3 is 9.47 Å². The largest absolute Gasteiger partial charge is 0.462 e. The van der Waals surface area contributed by atoms with Crippen LogP contribution in [-0.2, 0) is 14.9 Å². The van der Waals surface area contributed by atoms with Crippen molar-refractivity contribution in [3.05, 3.63) is 24.3 Å². The van der Waals surface area contributed by atoms with E-state index in [1.54, 1.807) is 31.2 Å². The molecule has 1 unspecified atom stereocenters. The van der Waals surface area contributed by atoms with Crippen LogP contribution in [0.1, 0.15) is 26.2 Å². The van der Waals surface area contributed by atoms with E-state index in [0.717, 1.165) is 0 Å². The van der Waals surface area contributed by atoms with Gasteiger partial charge in [0, 0.05) is 25.7 Å². The van der Waals surface area contributed by atoms with E-state index >= 15 is 0 Å². The van der Waals surface area contributed by atoms with Gasteiger partial charge in [0.15, 0.2) is 6.10 Å². The number of benzene rings is 1. The first kappa shape index (κ1) is 22.5. The van der Waals surface area contributed by atoms with Crippen LogP contribution in [0, 0.1) is 5.92 Å². The molecule has 1 aliphatic rings.